The molecule has 2 aromatic rings. The van der Waals surface area contributed by atoms with Crippen molar-refractivity contribution in [1.29, 1.82) is 0 Å². The molecular formula is C35H53NO2. The van der Waals surface area contributed by atoms with Crippen molar-refractivity contribution in [2.75, 3.05) is 13.7 Å². The lowest BCUT2D eigenvalue weighted by Gasteiger charge is -2.38. The van der Waals surface area contributed by atoms with Crippen LogP contribution in [-0.4, -0.2) is 24.5 Å². The maximum Gasteiger partial charge on any atom is 0.225 e. The SMILES string of the molecule is CCC(C)C[C@]1(c2ccccc2)CCCC(CCC(C)C)C(C)C(=O)N(Cc2ccc(OC)cc2)CCC1. The van der Waals surface area contributed by atoms with E-state index in [0.717, 1.165) is 38.0 Å². The Kier molecular flexibility index (Phi) is 11.7. The summed E-state index contributed by atoms with van der Waals surface area (Å²) in [5.41, 5.74) is 2.86. The number of carbonyl (C=O) groups is 1. The fourth-order valence-corrected chi connectivity index (χ4v) is 6.55. The minimum absolute atomic E-state index is 0.0609. The maximum atomic E-state index is 14.0. The second-order valence-electron chi connectivity index (χ2n) is 12.5. The third kappa shape index (κ3) is 8.35. The molecule has 1 amide bonds. The highest BCUT2D eigenvalue weighted by Gasteiger charge is 2.36. The predicted molar refractivity (Wildman–Crippen MR) is 160 cm³/mol. The Morgan fingerprint density at radius 2 is 1.68 bits per heavy atom. The molecule has 0 aromatic heterocycles. The van der Waals surface area contributed by atoms with E-state index in [9.17, 15) is 4.79 Å². The highest BCUT2D eigenvalue weighted by atomic mass is 16.5. The van der Waals surface area contributed by atoms with Crippen LogP contribution in [0.5, 0.6) is 5.75 Å². The van der Waals surface area contributed by atoms with Gasteiger partial charge in [0.1, 0.15) is 5.75 Å². The minimum atomic E-state index is 0.0609. The van der Waals surface area contributed by atoms with Gasteiger partial charge < -0.3 is 9.64 Å². The van der Waals surface area contributed by atoms with Crippen molar-refractivity contribution >= 4 is 5.91 Å². The lowest BCUT2D eigenvalue weighted by Crippen LogP contribution is -2.38. The number of benzene rings is 2. The highest BCUT2D eigenvalue weighted by molar-refractivity contribution is 5.78. The van der Waals surface area contributed by atoms with E-state index < -0.39 is 0 Å². The van der Waals surface area contributed by atoms with Gasteiger partial charge in [-0.25, -0.2) is 0 Å². The lowest BCUT2D eigenvalue weighted by molar-refractivity contribution is -0.137. The summed E-state index contributed by atoms with van der Waals surface area (Å²) in [6, 6.07) is 19.5. The normalized spacial score (nSPS) is 24.2. The Bertz CT molecular complexity index is 954. The van der Waals surface area contributed by atoms with E-state index in [1.54, 1.807) is 7.11 Å². The summed E-state index contributed by atoms with van der Waals surface area (Å²) < 4.78 is 5.36. The second-order valence-corrected chi connectivity index (χ2v) is 12.5. The van der Waals surface area contributed by atoms with E-state index in [-0.39, 0.29) is 11.3 Å². The Balaban J connectivity index is 1.93. The van der Waals surface area contributed by atoms with Crippen LogP contribution in [0.1, 0.15) is 104 Å². The van der Waals surface area contributed by atoms with Gasteiger partial charge >= 0.3 is 0 Å². The zero-order chi connectivity index (χ0) is 27.5. The van der Waals surface area contributed by atoms with E-state index in [0.29, 0.717) is 30.2 Å². The van der Waals surface area contributed by atoms with E-state index in [2.05, 4.69) is 82.0 Å². The molecule has 3 rings (SSSR count). The molecule has 3 unspecified atom stereocenters. The topological polar surface area (TPSA) is 29.5 Å². The van der Waals surface area contributed by atoms with Crippen LogP contribution < -0.4 is 4.74 Å². The number of carbonyl (C=O) groups excluding carboxylic acids is 1. The van der Waals surface area contributed by atoms with Gasteiger partial charge in [-0.3, -0.25) is 4.79 Å². The molecule has 1 heterocycles. The third-order valence-corrected chi connectivity index (χ3v) is 9.19. The summed E-state index contributed by atoms with van der Waals surface area (Å²) in [5.74, 6) is 3.05. The largest absolute Gasteiger partial charge is 0.497 e. The summed E-state index contributed by atoms with van der Waals surface area (Å²) >= 11 is 0. The first kappa shape index (κ1) is 30.3. The van der Waals surface area contributed by atoms with Gasteiger partial charge in [-0.2, -0.15) is 0 Å². The third-order valence-electron chi connectivity index (χ3n) is 9.19. The molecule has 1 aliphatic heterocycles. The Labute approximate surface area is 233 Å². The summed E-state index contributed by atoms with van der Waals surface area (Å²) in [7, 11) is 1.70. The molecule has 0 radical (unpaired) electrons. The van der Waals surface area contributed by atoms with E-state index in [1.165, 1.54) is 43.2 Å². The predicted octanol–water partition coefficient (Wildman–Crippen LogP) is 9.05. The zero-order valence-electron chi connectivity index (χ0n) is 25.0. The van der Waals surface area contributed by atoms with Crippen LogP contribution in [0, 0.1) is 23.7 Å². The van der Waals surface area contributed by atoms with Crippen LogP contribution in [0.4, 0.5) is 0 Å². The fraction of sp³-hybridized carbons (Fsp3) is 0.629. The minimum Gasteiger partial charge on any atom is -0.497 e. The van der Waals surface area contributed by atoms with Crippen LogP contribution in [0.2, 0.25) is 0 Å². The number of hydrogen-bond acceptors (Lipinski definition) is 2. The molecule has 1 fully saturated rings. The molecule has 1 aliphatic rings. The Morgan fingerprint density at radius 1 is 1.00 bits per heavy atom. The standard InChI is InChI=1S/C35H53NO2/c1-7-28(4)25-35(32-14-9-8-10-15-32)22-11-13-31(19-16-27(2)3)29(5)34(37)36(24-12-23-35)26-30-17-20-33(38-6)21-18-30/h8-10,14-15,17-18,20-21,27-29,31H,7,11-13,16,19,22-26H2,1-6H3/t28?,29?,31?,35-/m0/s1. The van der Waals surface area contributed by atoms with Crippen molar-refractivity contribution in [1.82, 2.24) is 4.90 Å². The van der Waals surface area contributed by atoms with Gasteiger partial charge in [-0.15, -0.1) is 0 Å². The molecule has 1 saturated heterocycles. The van der Waals surface area contributed by atoms with Crippen molar-refractivity contribution in [3.8, 4) is 5.75 Å². The number of nitrogens with zero attached hydrogens (tertiary/aromatic N) is 1. The van der Waals surface area contributed by atoms with Gasteiger partial charge in [0.2, 0.25) is 5.91 Å². The summed E-state index contributed by atoms with van der Waals surface area (Å²) in [6.45, 7) is 13.1. The number of ether oxygens (including phenoxy) is 1. The van der Waals surface area contributed by atoms with Crippen LogP contribution >= 0.6 is 0 Å². The number of amides is 1. The molecule has 0 spiro atoms. The number of rotatable bonds is 10. The van der Waals surface area contributed by atoms with Crippen LogP contribution in [0.15, 0.2) is 54.6 Å². The van der Waals surface area contributed by atoms with Gasteiger partial charge in [0.05, 0.1) is 7.11 Å². The first-order valence-corrected chi connectivity index (χ1v) is 15.2. The molecule has 38 heavy (non-hydrogen) atoms. The average Bonchev–Trinajstić information content (AvgIpc) is 2.95. The zero-order valence-corrected chi connectivity index (χ0v) is 25.0. The molecular weight excluding hydrogens is 466 g/mol. The first-order valence-electron chi connectivity index (χ1n) is 15.2. The lowest BCUT2D eigenvalue weighted by atomic mass is 9.67. The van der Waals surface area contributed by atoms with Gasteiger partial charge in [0.25, 0.3) is 0 Å². The van der Waals surface area contributed by atoms with Crippen molar-refractivity contribution < 1.29 is 9.53 Å². The monoisotopic (exact) mass is 519 g/mol. The van der Waals surface area contributed by atoms with Gasteiger partial charge in [-0.1, -0.05) is 96.3 Å². The molecule has 2 aromatic carbocycles. The molecule has 0 N–H and O–H groups in total. The van der Waals surface area contributed by atoms with Crippen molar-refractivity contribution in [2.24, 2.45) is 23.7 Å². The molecule has 3 nitrogen and oxygen atoms in total. The van der Waals surface area contributed by atoms with Crippen LogP contribution in [0.3, 0.4) is 0 Å². The van der Waals surface area contributed by atoms with E-state index >= 15 is 0 Å². The summed E-state index contributed by atoms with van der Waals surface area (Å²) in [4.78, 5) is 16.2. The van der Waals surface area contributed by atoms with Crippen molar-refractivity contribution in [3.63, 3.8) is 0 Å². The molecule has 0 saturated carbocycles. The maximum absolute atomic E-state index is 14.0. The number of hydrogen-bond donors (Lipinski definition) is 0. The molecule has 0 bridgehead atoms. The first-order chi connectivity index (χ1) is 18.3. The van der Waals surface area contributed by atoms with Gasteiger partial charge in [0, 0.05) is 19.0 Å². The quantitative estimate of drug-likeness (QED) is 0.313. The van der Waals surface area contributed by atoms with Gasteiger partial charge in [-0.05, 0) is 85.0 Å². The Morgan fingerprint density at radius 3 is 2.32 bits per heavy atom. The van der Waals surface area contributed by atoms with Gasteiger partial charge in [0.15, 0.2) is 0 Å². The highest BCUT2D eigenvalue weighted by Crippen LogP contribution is 2.43. The molecule has 3 heteroatoms. The fourth-order valence-electron chi connectivity index (χ4n) is 6.55. The van der Waals surface area contributed by atoms with E-state index in [1.807, 2.05) is 12.1 Å². The molecule has 4 atom stereocenters. The Hall–Kier alpha value is -2.29. The van der Waals surface area contributed by atoms with Crippen LogP contribution in [0.25, 0.3) is 0 Å². The average molecular weight is 520 g/mol. The van der Waals surface area contributed by atoms with Crippen LogP contribution in [-0.2, 0) is 16.8 Å². The summed E-state index contributed by atoms with van der Waals surface area (Å²) in [5, 5.41) is 0. The number of methoxy groups -OCH3 is 1. The second kappa shape index (κ2) is 14.8. The van der Waals surface area contributed by atoms with E-state index in [4.69, 9.17) is 4.74 Å². The smallest absolute Gasteiger partial charge is 0.225 e. The van der Waals surface area contributed by atoms with Crippen molar-refractivity contribution in [3.05, 3.63) is 65.7 Å². The molecule has 0 aliphatic carbocycles. The summed E-state index contributed by atoms with van der Waals surface area (Å²) in [6.07, 6.45) is 10.5. The van der Waals surface area contributed by atoms with Crippen molar-refractivity contribution in [2.45, 2.75) is 104 Å². The molecule has 210 valence electrons.